The summed E-state index contributed by atoms with van der Waals surface area (Å²) in [5, 5.41) is 7.40. The Hall–Kier alpha value is -2.57. The molecule has 0 bridgehead atoms. The van der Waals surface area contributed by atoms with Gasteiger partial charge in [-0.3, -0.25) is 4.79 Å². The molecule has 7 heteroatoms. The van der Waals surface area contributed by atoms with Crippen molar-refractivity contribution >= 4 is 11.9 Å². The molecule has 1 aliphatic carbocycles. The van der Waals surface area contributed by atoms with Crippen LogP contribution in [-0.4, -0.2) is 42.3 Å². The van der Waals surface area contributed by atoms with Crippen LogP contribution >= 0.6 is 0 Å². The van der Waals surface area contributed by atoms with E-state index in [-0.39, 0.29) is 11.8 Å². The molecule has 2 fully saturated rings. The van der Waals surface area contributed by atoms with Crippen LogP contribution in [0, 0.1) is 11.8 Å². The van der Waals surface area contributed by atoms with Crippen molar-refractivity contribution in [2.24, 2.45) is 11.8 Å². The molecule has 1 saturated carbocycles. The third-order valence-corrected chi connectivity index (χ3v) is 6.19. The van der Waals surface area contributed by atoms with Gasteiger partial charge >= 0.3 is 6.01 Å². The Labute approximate surface area is 171 Å². The number of benzene rings is 1. The standard InChI is InChI=1S/C22H30N4O3/c1-15-5-9-18(10-6-15)23-21(27)17-4-3-13-26(14-17)22-24-20(25-29-22)16-7-11-19(28-2)12-8-16/h7-8,11-12,15,17-18H,3-6,9-10,13-14H2,1-2H3,(H,23,27)/t15?,17-,18?/m0/s1. The van der Waals surface area contributed by atoms with Crippen LogP contribution in [-0.2, 0) is 4.79 Å². The third-order valence-electron chi connectivity index (χ3n) is 6.19. The van der Waals surface area contributed by atoms with Gasteiger partial charge in [-0.15, -0.1) is 0 Å². The van der Waals surface area contributed by atoms with Crippen molar-refractivity contribution in [2.45, 2.75) is 51.5 Å². The number of hydrogen-bond acceptors (Lipinski definition) is 6. The maximum atomic E-state index is 12.8. The molecule has 0 radical (unpaired) electrons. The van der Waals surface area contributed by atoms with E-state index in [2.05, 4.69) is 22.4 Å². The molecule has 2 aliphatic rings. The fraction of sp³-hybridized carbons (Fsp3) is 0.591. The Kier molecular flexibility index (Phi) is 6.02. The fourth-order valence-corrected chi connectivity index (χ4v) is 4.29. The van der Waals surface area contributed by atoms with E-state index in [1.165, 1.54) is 12.8 Å². The molecule has 1 saturated heterocycles. The van der Waals surface area contributed by atoms with Crippen LogP contribution in [0.5, 0.6) is 5.75 Å². The average molecular weight is 399 g/mol. The Morgan fingerprint density at radius 1 is 1.17 bits per heavy atom. The number of nitrogens with one attached hydrogen (secondary N) is 1. The molecule has 156 valence electrons. The van der Waals surface area contributed by atoms with Crippen molar-refractivity contribution < 1.29 is 14.1 Å². The normalized spacial score (nSPS) is 24.9. The second-order valence-corrected chi connectivity index (χ2v) is 8.38. The molecule has 0 spiro atoms. The van der Waals surface area contributed by atoms with E-state index in [1.807, 2.05) is 29.2 Å². The van der Waals surface area contributed by atoms with Gasteiger partial charge in [-0.05, 0) is 68.7 Å². The number of rotatable bonds is 5. The molecule has 7 nitrogen and oxygen atoms in total. The molecule has 1 N–H and O–H groups in total. The number of carbonyl (C=O) groups excluding carboxylic acids is 1. The Bertz CT molecular complexity index is 812. The van der Waals surface area contributed by atoms with Crippen LogP contribution in [0.25, 0.3) is 11.4 Å². The fourth-order valence-electron chi connectivity index (χ4n) is 4.29. The maximum absolute atomic E-state index is 12.8. The van der Waals surface area contributed by atoms with Gasteiger partial charge in [0.2, 0.25) is 11.7 Å². The molecule has 1 aromatic heterocycles. The number of carbonyl (C=O) groups is 1. The van der Waals surface area contributed by atoms with Crippen LogP contribution < -0.4 is 15.0 Å². The quantitative estimate of drug-likeness (QED) is 0.828. The summed E-state index contributed by atoms with van der Waals surface area (Å²) in [7, 11) is 1.64. The van der Waals surface area contributed by atoms with E-state index >= 15 is 0 Å². The van der Waals surface area contributed by atoms with Crippen LogP contribution in [0.4, 0.5) is 6.01 Å². The largest absolute Gasteiger partial charge is 0.497 e. The number of amides is 1. The molecule has 1 atom stereocenters. The summed E-state index contributed by atoms with van der Waals surface area (Å²) in [5.74, 6) is 2.26. The Morgan fingerprint density at radius 3 is 2.66 bits per heavy atom. The molecule has 29 heavy (non-hydrogen) atoms. The lowest BCUT2D eigenvalue weighted by Gasteiger charge is -2.33. The molecular weight excluding hydrogens is 368 g/mol. The summed E-state index contributed by atoms with van der Waals surface area (Å²) < 4.78 is 10.7. The van der Waals surface area contributed by atoms with Crippen molar-refractivity contribution in [3.63, 3.8) is 0 Å². The number of nitrogens with zero attached hydrogens (tertiary/aromatic N) is 3. The highest BCUT2D eigenvalue weighted by Gasteiger charge is 2.30. The second kappa shape index (κ2) is 8.84. The van der Waals surface area contributed by atoms with Crippen molar-refractivity contribution in [2.75, 3.05) is 25.1 Å². The zero-order valence-corrected chi connectivity index (χ0v) is 17.3. The van der Waals surface area contributed by atoms with E-state index < -0.39 is 0 Å². The van der Waals surface area contributed by atoms with Crippen molar-refractivity contribution in [1.29, 1.82) is 0 Å². The Balaban J connectivity index is 1.37. The molecule has 2 aromatic rings. The van der Waals surface area contributed by atoms with Crippen molar-refractivity contribution in [3.05, 3.63) is 24.3 Å². The van der Waals surface area contributed by atoms with Crippen molar-refractivity contribution in [1.82, 2.24) is 15.5 Å². The van der Waals surface area contributed by atoms with E-state index in [0.717, 1.165) is 49.5 Å². The first-order valence-electron chi connectivity index (χ1n) is 10.7. The van der Waals surface area contributed by atoms with Gasteiger partial charge in [0.1, 0.15) is 5.75 Å². The predicted octanol–water partition coefficient (Wildman–Crippen LogP) is 3.66. The van der Waals surface area contributed by atoms with Crippen LogP contribution in [0.3, 0.4) is 0 Å². The average Bonchev–Trinajstić information content (AvgIpc) is 3.26. The van der Waals surface area contributed by atoms with Crippen LogP contribution in [0.2, 0.25) is 0 Å². The highest BCUT2D eigenvalue weighted by atomic mass is 16.5. The lowest BCUT2D eigenvalue weighted by atomic mass is 9.87. The number of anilines is 1. The summed E-state index contributed by atoms with van der Waals surface area (Å²) in [4.78, 5) is 19.4. The number of aromatic nitrogens is 2. The minimum absolute atomic E-state index is 0.0283. The number of hydrogen-bond donors (Lipinski definition) is 1. The van der Waals surface area contributed by atoms with Gasteiger partial charge in [-0.2, -0.15) is 4.98 Å². The van der Waals surface area contributed by atoms with E-state index in [0.29, 0.717) is 24.4 Å². The highest BCUT2D eigenvalue weighted by molar-refractivity contribution is 5.79. The summed E-state index contributed by atoms with van der Waals surface area (Å²) in [6, 6.07) is 8.38. The summed E-state index contributed by atoms with van der Waals surface area (Å²) in [6.07, 6.45) is 6.46. The van der Waals surface area contributed by atoms with Crippen molar-refractivity contribution in [3.8, 4) is 17.1 Å². The van der Waals surface area contributed by atoms with Gasteiger partial charge in [0.15, 0.2) is 0 Å². The Morgan fingerprint density at radius 2 is 1.93 bits per heavy atom. The minimum Gasteiger partial charge on any atom is -0.497 e. The van der Waals surface area contributed by atoms with E-state index in [1.54, 1.807) is 7.11 Å². The first-order chi connectivity index (χ1) is 14.1. The molecule has 4 rings (SSSR count). The highest BCUT2D eigenvalue weighted by Crippen LogP contribution is 2.27. The van der Waals surface area contributed by atoms with Crippen LogP contribution in [0.15, 0.2) is 28.8 Å². The van der Waals surface area contributed by atoms with Gasteiger partial charge in [-0.1, -0.05) is 12.1 Å². The van der Waals surface area contributed by atoms with E-state index in [9.17, 15) is 4.79 Å². The molecule has 1 aliphatic heterocycles. The molecule has 1 aromatic carbocycles. The zero-order chi connectivity index (χ0) is 20.2. The van der Waals surface area contributed by atoms with Gasteiger partial charge < -0.3 is 19.5 Å². The summed E-state index contributed by atoms with van der Waals surface area (Å²) in [5.41, 5.74) is 0.874. The summed E-state index contributed by atoms with van der Waals surface area (Å²) in [6.45, 7) is 3.75. The van der Waals surface area contributed by atoms with Gasteiger partial charge in [0.25, 0.3) is 0 Å². The first kappa shape index (κ1) is 19.7. The molecular formula is C22H30N4O3. The zero-order valence-electron chi connectivity index (χ0n) is 17.3. The molecule has 0 unspecified atom stereocenters. The SMILES string of the molecule is COc1ccc(-c2noc(N3CCC[C@H](C(=O)NC4CCC(C)CC4)C3)n2)cc1. The second-order valence-electron chi connectivity index (χ2n) is 8.38. The number of ether oxygens (including phenoxy) is 1. The molecule has 2 heterocycles. The smallest absolute Gasteiger partial charge is 0.324 e. The van der Waals surface area contributed by atoms with Gasteiger partial charge in [-0.25, -0.2) is 0 Å². The maximum Gasteiger partial charge on any atom is 0.324 e. The lowest BCUT2D eigenvalue weighted by Crippen LogP contribution is -2.46. The monoisotopic (exact) mass is 398 g/mol. The predicted molar refractivity (Wildman–Crippen MR) is 111 cm³/mol. The lowest BCUT2D eigenvalue weighted by molar-refractivity contribution is -0.126. The molecule has 1 amide bonds. The van der Waals surface area contributed by atoms with Crippen LogP contribution in [0.1, 0.15) is 45.4 Å². The van der Waals surface area contributed by atoms with Gasteiger partial charge in [0, 0.05) is 24.7 Å². The number of piperidine rings is 1. The van der Waals surface area contributed by atoms with E-state index in [4.69, 9.17) is 9.26 Å². The topological polar surface area (TPSA) is 80.5 Å². The first-order valence-corrected chi connectivity index (χ1v) is 10.7. The third kappa shape index (κ3) is 4.71. The number of methoxy groups -OCH3 is 1. The van der Waals surface area contributed by atoms with Gasteiger partial charge in [0.05, 0.1) is 13.0 Å². The summed E-state index contributed by atoms with van der Waals surface area (Å²) >= 11 is 0. The minimum atomic E-state index is -0.0283.